The van der Waals surface area contributed by atoms with Crippen molar-refractivity contribution in [3.8, 4) is 0 Å². The van der Waals surface area contributed by atoms with Crippen LogP contribution in [-0.2, 0) is 11.3 Å². The Balaban J connectivity index is 1.76. The Morgan fingerprint density at radius 1 is 1.28 bits per heavy atom. The maximum absolute atomic E-state index is 12.1. The zero-order valence-corrected chi connectivity index (χ0v) is 11.4. The average molecular weight is 309 g/mol. The minimum atomic E-state index is -0.137. The first-order chi connectivity index (χ1) is 8.65. The van der Waals surface area contributed by atoms with E-state index in [1.165, 1.54) is 4.90 Å². The Morgan fingerprint density at radius 3 is 2.72 bits per heavy atom. The van der Waals surface area contributed by atoms with Crippen LogP contribution in [0.4, 0.5) is 4.79 Å². The summed E-state index contributed by atoms with van der Waals surface area (Å²) in [4.78, 5) is 27.0. The van der Waals surface area contributed by atoms with Crippen LogP contribution in [-0.4, -0.2) is 34.3 Å². The van der Waals surface area contributed by atoms with Crippen molar-refractivity contribution < 1.29 is 9.59 Å². The molecule has 1 aliphatic carbocycles. The molecular weight excluding hydrogens is 296 g/mol. The van der Waals surface area contributed by atoms with E-state index >= 15 is 0 Å². The van der Waals surface area contributed by atoms with Crippen LogP contribution in [0.25, 0.3) is 0 Å². The number of hydrogen-bond acceptors (Lipinski definition) is 2. The lowest BCUT2D eigenvalue weighted by Gasteiger charge is -2.16. The summed E-state index contributed by atoms with van der Waals surface area (Å²) >= 11 is 3.39. The second kappa shape index (κ2) is 4.39. The Morgan fingerprint density at radius 2 is 2.06 bits per heavy atom. The molecule has 0 radical (unpaired) electrons. The molecule has 1 heterocycles. The molecule has 0 N–H and O–H groups in total. The molecule has 0 spiro atoms. The molecular formula is C13H13BrN2O2. The van der Waals surface area contributed by atoms with Crippen LogP contribution in [0, 0.1) is 0 Å². The highest BCUT2D eigenvalue weighted by molar-refractivity contribution is 9.10. The molecule has 94 valence electrons. The van der Waals surface area contributed by atoms with Gasteiger partial charge in [0, 0.05) is 10.5 Å². The molecule has 0 aromatic heterocycles. The molecule has 1 aromatic carbocycles. The van der Waals surface area contributed by atoms with Gasteiger partial charge in [-0.2, -0.15) is 0 Å². The Hall–Kier alpha value is -1.36. The third-order valence-corrected chi connectivity index (χ3v) is 3.79. The van der Waals surface area contributed by atoms with Crippen molar-refractivity contribution in [1.82, 2.24) is 9.80 Å². The summed E-state index contributed by atoms with van der Waals surface area (Å²) in [6, 6.07) is 7.85. The van der Waals surface area contributed by atoms with Crippen molar-refractivity contribution in [2.75, 3.05) is 6.54 Å². The van der Waals surface area contributed by atoms with Crippen LogP contribution in [0.1, 0.15) is 18.4 Å². The first-order valence-corrected chi connectivity index (χ1v) is 6.80. The van der Waals surface area contributed by atoms with Crippen LogP contribution < -0.4 is 0 Å². The fraction of sp³-hybridized carbons (Fsp3) is 0.385. The molecule has 1 saturated heterocycles. The molecule has 4 nitrogen and oxygen atoms in total. The largest absolute Gasteiger partial charge is 0.327 e. The van der Waals surface area contributed by atoms with E-state index in [9.17, 15) is 9.59 Å². The monoisotopic (exact) mass is 308 g/mol. The van der Waals surface area contributed by atoms with Gasteiger partial charge in [-0.3, -0.25) is 9.69 Å². The maximum Gasteiger partial charge on any atom is 0.327 e. The standard InChI is InChI=1S/C13H13BrN2O2/c14-10-3-1-2-9(6-10)7-16-12(17)8-15(13(16)18)11-4-5-11/h1-3,6,11H,4-5,7-8H2. The van der Waals surface area contributed by atoms with Gasteiger partial charge >= 0.3 is 6.03 Å². The minimum absolute atomic E-state index is 0.0909. The Bertz CT molecular complexity index is 513. The number of benzene rings is 1. The lowest BCUT2D eigenvalue weighted by molar-refractivity contribution is -0.125. The molecule has 0 unspecified atom stereocenters. The highest BCUT2D eigenvalue weighted by Gasteiger charge is 2.43. The number of amides is 3. The van der Waals surface area contributed by atoms with E-state index in [2.05, 4.69) is 15.9 Å². The summed E-state index contributed by atoms with van der Waals surface area (Å²) in [5.74, 6) is -0.0909. The number of rotatable bonds is 3. The third kappa shape index (κ3) is 2.14. The quantitative estimate of drug-likeness (QED) is 0.804. The molecule has 1 aromatic rings. The van der Waals surface area contributed by atoms with Crippen LogP contribution in [0.15, 0.2) is 28.7 Å². The zero-order valence-electron chi connectivity index (χ0n) is 9.80. The van der Waals surface area contributed by atoms with Gasteiger partial charge in [0.05, 0.1) is 6.54 Å². The molecule has 3 rings (SSSR count). The van der Waals surface area contributed by atoms with E-state index in [1.807, 2.05) is 24.3 Å². The molecule has 0 bridgehead atoms. The molecule has 2 aliphatic rings. The smallest absolute Gasteiger partial charge is 0.312 e. The normalized spacial score (nSPS) is 19.8. The summed E-state index contributed by atoms with van der Waals surface area (Å²) in [6.45, 7) is 0.609. The fourth-order valence-electron chi connectivity index (χ4n) is 2.21. The summed E-state index contributed by atoms with van der Waals surface area (Å²) in [5.41, 5.74) is 0.962. The minimum Gasteiger partial charge on any atom is -0.312 e. The average Bonchev–Trinajstić information content (AvgIpc) is 3.12. The van der Waals surface area contributed by atoms with Gasteiger partial charge in [0.15, 0.2) is 0 Å². The lowest BCUT2D eigenvalue weighted by atomic mass is 10.2. The number of nitrogens with zero attached hydrogens (tertiary/aromatic N) is 2. The Labute approximate surface area is 114 Å². The van der Waals surface area contributed by atoms with E-state index in [1.54, 1.807) is 4.90 Å². The van der Waals surface area contributed by atoms with Crippen LogP contribution in [0.3, 0.4) is 0 Å². The summed E-state index contributed by atoms with van der Waals surface area (Å²) < 4.78 is 0.957. The highest BCUT2D eigenvalue weighted by atomic mass is 79.9. The van der Waals surface area contributed by atoms with Crippen molar-refractivity contribution in [2.24, 2.45) is 0 Å². The van der Waals surface area contributed by atoms with Gasteiger partial charge < -0.3 is 4.90 Å². The topological polar surface area (TPSA) is 40.6 Å². The molecule has 5 heteroatoms. The van der Waals surface area contributed by atoms with Gasteiger partial charge in [-0.25, -0.2) is 4.79 Å². The van der Waals surface area contributed by atoms with Gasteiger partial charge in [0.25, 0.3) is 5.91 Å². The van der Waals surface area contributed by atoms with Crippen molar-refractivity contribution in [3.05, 3.63) is 34.3 Å². The number of carbonyl (C=O) groups excluding carboxylic acids is 2. The zero-order chi connectivity index (χ0) is 12.7. The first-order valence-electron chi connectivity index (χ1n) is 6.00. The number of halogens is 1. The van der Waals surface area contributed by atoms with E-state index in [0.29, 0.717) is 12.6 Å². The summed E-state index contributed by atoms with van der Waals surface area (Å²) in [6.07, 6.45) is 2.06. The van der Waals surface area contributed by atoms with Crippen molar-refractivity contribution in [3.63, 3.8) is 0 Å². The lowest BCUT2D eigenvalue weighted by Crippen LogP contribution is -2.33. The summed E-state index contributed by atoms with van der Waals surface area (Å²) in [7, 11) is 0. The van der Waals surface area contributed by atoms with E-state index < -0.39 is 0 Å². The summed E-state index contributed by atoms with van der Waals surface area (Å²) in [5, 5.41) is 0. The number of carbonyl (C=O) groups is 2. The number of imide groups is 1. The van der Waals surface area contributed by atoms with E-state index in [-0.39, 0.29) is 18.5 Å². The van der Waals surface area contributed by atoms with Gasteiger partial charge in [0.2, 0.25) is 0 Å². The molecule has 18 heavy (non-hydrogen) atoms. The molecule has 2 fully saturated rings. The molecule has 1 saturated carbocycles. The second-order valence-corrected chi connectivity index (χ2v) is 5.67. The molecule has 0 atom stereocenters. The van der Waals surface area contributed by atoms with Crippen LogP contribution >= 0.6 is 15.9 Å². The van der Waals surface area contributed by atoms with Gasteiger partial charge in [-0.1, -0.05) is 28.1 Å². The predicted octanol–water partition coefficient (Wildman–Crippen LogP) is 2.38. The Kier molecular flexibility index (Phi) is 2.86. The van der Waals surface area contributed by atoms with Gasteiger partial charge in [-0.15, -0.1) is 0 Å². The van der Waals surface area contributed by atoms with Gasteiger partial charge in [0.1, 0.15) is 6.54 Å². The number of urea groups is 1. The number of hydrogen-bond donors (Lipinski definition) is 0. The predicted molar refractivity (Wildman–Crippen MR) is 69.8 cm³/mol. The van der Waals surface area contributed by atoms with Crippen LogP contribution in [0.2, 0.25) is 0 Å². The SMILES string of the molecule is O=C1CN(C2CC2)C(=O)N1Cc1cccc(Br)c1. The third-order valence-electron chi connectivity index (χ3n) is 3.30. The van der Waals surface area contributed by atoms with E-state index in [4.69, 9.17) is 0 Å². The highest BCUT2D eigenvalue weighted by Crippen LogP contribution is 2.30. The molecule has 3 amide bonds. The second-order valence-electron chi connectivity index (χ2n) is 4.75. The van der Waals surface area contributed by atoms with Gasteiger partial charge in [-0.05, 0) is 30.5 Å². The van der Waals surface area contributed by atoms with Crippen molar-refractivity contribution in [1.29, 1.82) is 0 Å². The molecule has 1 aliphatic heterocycles. The van der Waals surface area contributed by atoms with Crippen LogP contribution in [0.5, 0.6) is 0 Å². The van der Waals surface area contributed by atoms with Crippen molar-refractivity contribution >= 4 is 27.9 Å². The van der Waals surface area contributed by atoms with Crippen molar-refractivity contribution in [2.45, 2.75) is 25.4 Å². The van der Waals surface area contributed by atoms with E-state index in [0.717, 1.165) is 22.9 Å². The first kappa shape index (κ1) is 11.7. The maximum atomic E-state index is 12.1. The fourth-order valence-corrected chi connectivity index (χ4v) is 2.65.